The zero-order valence-electron chi connectivity index (χ0n) is 11.0. The summed E-state index contributed by atoms with van der Waals surface area (Å²) in [7, 11) is 0. The zero-order chi connectivity index (χ0) is 12.4. The number of hydrogen-bond donors (Lipinski definition) is 0. The predicted octanol–water partition coefficient (Wildman–Crippen LogP) is 4.20. The molecule has 0 spiro atoms. The van der Waals surface area contributed by atoms with Gasteiger partial charge in [0, 0.05) is 12.0 Å². The van der Waals surface area contributed by atoms with Crippen LogP contribution in [0.25, 0.3) is 0 Å². The third kappa shape index (κ3) is 2.49. The molecule has 1 heterocycles. The van der Waals surface area contributed by atoms with Crippen molar-refractivity contribution in [3.63, 3.8) is 0 Å². The lowest BCUT2D eigenvalue weighted by atomic mass is 9.82. The molecule has 1 aromatic rings. The summed E-state index contributed by atoms with van der Waals surface area (Å²) in [6, 6.07) is 0.508. The van der Waals surface area contributed by atoms with Gasteiger partial charge in [0.05, 0.1) is 0 Å². The highest BCUT2D eigenvalue weighted by Gasteiger charge is 2.29. The van der Waals surface area contributed by atoms with Gasteiger partial charge in [0.2, 0.25) is 5.28 Å². The first-order valence-corrected chi connectivity index (χ1v) is 7.13. The van der Waals surface area contributed by atoms with Crippen molar-refractivity contribution in [3.8, 4) is 0 Å². The normalized spacial score (nSPS) is 25.5. The lowest BCUT2D eigenvalue weighted by Gasteiger charge is -2.33. The number of aromatic nitrogens is 3. The third-order valence-corrected chi connectivity index (χ3v) is 4.18. The van der Waals surface area contributed by atoms with Crippen LogP contribution >= 0.6 is 11.6 Å². The smallest absolute Gasteiger partial charge is 0.225 e. The molecule has 2 rings (SSSR count). The third-order valence-electron chi connectivity index (χ3n) is 3.92. The summed E-state index contributed by atoms with van der Waals surface area (Å²) < 4.78 is 2.19. The highest BCUT2D eigenvalue weighted by molar-refractivity contribution is 6.28. The molecule has 0 aliphatic heterocycles. The van der Waals surface area contributed by atoms with E-state index >= 15 is 0 Å². The molecule has 0 N–H and O–H groups in total. The van der Waals surface area contributed by atoms with Gasteiger partial charge < -0.3 is 0 Å². The Balaban J connectivity index is 2.33. The topological polar surface area (TPSA) is 30.7 Å². The molecule has 0 amide bonds. The van der Waals surface area contributed by atoms with E-state index in [9.17, 15) is 0 Å². The Morgan fingerprint density at radius 2 is 2.00 bits per heavy atom. The van der Waals surface area contributed by atoms with Gasteiger partial charge in [-0.25, -0.2) is 0 Å². The highest BCUT2D eigenvalue weighted by Crippen LogP contribution is 2.38. The second-order valence-electron chi connectivity index (χ2n) is 5.37. The molecule has 4 heteroatoms. The van der Waals surface area contributed by atoms with E-state index in [1.807, 2.05) is 0 Å². The highest BCUT2D eigenvalue weighted by atomic mass is 35.5. The van der Waals surface area contributed by atoms with Crippen LogP contribution in [0.5, 0.6) is 0 Å². The molecule has 0 radical (unpaired) electrons. The lowest BCUT2D eigenvalue weighted by Crippen LogP contribution is -2.25. The first-order chi connectivity index (χ1) is 8.15. The standard InChI is InChI=1S/C13H22ClN3/c1-4-10-7-5-6-8-11(10)17-12(9(2)3)15-16-13(17)14/h9-11H,4-8H2,1-3H3. The molecule has 17 heavy (non-hydrogen) atoms. The molecule has 0 aromatic carbocycles. The van der Waals surface area contributed by atoms with Gasteiger partial charge >= 0.3 is 0 Å². The minimum Gasteiger partial charge on any atom is -0.298 e. The number of nitrogens with zero attached hydrogens (tertiary/aromatic N) is 3. The van der Waals surface area contributed by atoms with Crippen molar-refractivity contribution in [3.05, 3.63) is 11.1 Å². The summed E-state index contributed by atoms with van der Waals surface area (Å²) in [6.45, 7) is 6.58. The Morgan fingerprint density at radius 3 is 2.65 bits per heavy atom. The summed E-state index contributed by atoms with van der Waals surface area (Å²) in [5.41, 5.74) is 0. The maximum Gasteiger partial charge on any atom is 0.225 e. The first kappa shape index (κ1) is 12.9. The van der Waals surface area contributed by atoms with Gasteiger partial charge in [0.1, 0.15) is 5.82 Å². The number of halogens is 1. The summed E-state index contributed by atoms with van der Waals surface area (Å²) in [5, 5.41) is 8.87. The average molecular weight is 256 g/mol. The second-order valence-corrected chi connectivity index (χ2v) is 5.71. The van der Waals surface area contributed by atoms with Gasteiger partial charge in [-0.05, 0) is 30.4 Å². The summed E-state index contributed by atoms with van der Waals surface area (Å²) >= 11 is 6.23. The van der Waals surface area contributed by atoms with E-state index in [-0.39, 0.29) is 0 Å². The Morgan fingerprint density at radius 1 is 1.29 bits per heavy atom. The van der Waals surface area contributed by atoms with E-state index in [0.29, 0.717) is 17.2 Å². The van der Waals surface area contributed by atoms with Crippen LogP contribution in [0.1, 0.15) is 70.7 Å². The van der Waals surface area contributed by atoms with E-state index in [1.54, 1.807) is 0 Å². The molecule has 1 aliphatic carbocycles. The zero-order valence-corrected chi connectivity index (χ0v) is 11.7. The molecule has 2 unspecified atom stereocenters. The molecule has 1 aromatic heterocycles. The van der Waals surface area contributed by atoms with E-state index in [0.717, 1.165) is 11.7 Å². The van der Waals surface area contributed by atoms with Crippen LogP contribution in [0.2, 0.25) is 5.28 Å². The second kappa shape index (κ2) is 5.38. The Kier molecular flexibility index (Phi) is 4.08. The molecule has 3 nitrogen and oxygen atoms in total. The molecular weight excluding hydrogens is 234 g/mol. The van der Waals surface area contributed by atoms with Gasteiger partial charge in [-0.3, -0.25) is 4.57 Å². The predicted molar refractivity (Wildman–Crippen MR) is 70.4 cm³/mol. The van der Waals surface area contributed by atoms with Crippen LogP contribution in [0.15, 0.2) is 0 Å². The van der Waals surface area contributed by atoms with Gasteiger partial charge in [-0.1, -0.05) is 40.0 Å². The van der Waals surface area contributed by atoms with E-state index in [4.69, 9.17) is 11.6 Å². The average Bonchev–Trinajstić information content (AvgIpc) is 2.71. The van der Waals surface area contributed by atoms with Crippen molar-refractivity contribution in [1.29, 1.82) is 0 Å². The fraction of sp³-hybridized carbons (Fsp3) is 0.846. The van der Waals surface area contributed by atoms with E-state index in [2.05, 4.69) is 35.5 Å². The SMILES string of the molecule is CCC1CCCCC1n1c(Cl)nnc1C(C)C. The van der Waals surface area contributed by atoms with Gasteiger partial charge in [-0.2, -0.15) is 0 Å². The molecule has 1 aliphatic rings. The molecule has 2 atom stereocenters. The van der Waals surface area contributed by atoms with Gasteiger partial charge in [0.25, 0.3) is 0 Å². The molecule has 0 bridgehead atoms. The molecule has 1 saturated carbocycles. The Hall–Kier alpha value is -0.570. The molecule has 0 saturated heterocycles. The molecular formula is C13H22ClN3. The van der Waals surface area contributed by atoms with Crippen molar-refractivity contribution in [1.82, 2.24) is 14.8 Å². The van der Waals surface area contributed by atoms with Crippen LogP contribution < -0.4 is 0 Å². The van der Waals surface area contributed by atoms with Crippen LogP contribution in [0.4, 0.5) is 0 Å². The van der Waals surface area contributed by atoms with Crippen LogP contribution in [-0.4, -0.2) is 14.8 Å². The summed E-state index contributed by atoms with van der Waals surface area (Å²) in [5.74, 6) is 2.16. The Bertz CT molecular complexity index is 373. The fourth-order valence-corrected chi connectivity index (χ4v) is 3.24. The van der Waals surface area contributed by atoms with Crippen molar-refractivity contribution in [2.75, 3.05) is 0 Å². The summed E-state index contributed by atoms with van der Waals surface area (Å²) in [6.07, 6.45) is 6.40. The van der Waals surface area contributed by atoms with Crippen molar-refractivity contribution in [2.45, 2.75) is 64.8 Å². The largest absolute Gasteiger partial charge is 0.298 e. The lowest BCUT2D eigenvalue weighted by molar-refractivity contribution is 0.227. The quantitative estimate of drug-likeness (QED) is 0.811. The molecule has 96 valence electrons. The molecule has 1 fully saturated rings. The van der Waals surface area contributed by atoms with Crippen LogP contribution in [0, 0.1) is 5.92 Å². The van der Waals surface area contributed by atoms with Crippen molar-refractivity contribution in [2.24, 2.45) is 5.92 Å². The van der Waals surface area contributed by atoms with Crippen LogP contribution in [0.3, 0.4) is 0 Å². The van der Waals surface area contributed by atoms with E-state index < -0.39 is 0 Å². The van der Waals surface area contributed by atoms with Gasteiger partial charge in [0.15, 0.2) is 0 Å². The van der Waals surface area contributed by atoms with Crippen LogP contribution in [-0.2, 0) is 0 Å². The first-order valence-electron chi connectivity index (χ1n) is 6.75. The maximum atomic E-state index is 6.23. The van der Waals surface area contributed by atoms with Crippen molar-refractivity contribution < 1.29 is 0 Å². The summed E-state index contributed by atoms with van der Waals surface area (Å²) in [4.78, 5) is 0. The Labute approximate surface area is 109 Å². The van der Waals surface area contributed by atoms with E-state index in [1.165, 1.54) is 32.1 Å². The van der Waals surface area contributed by atoms with Gasteiger partial charge in [-0.15, -0.1) is 10.2 Å². The van der Waals surface area contributed by atoms with Crippen molar-refractivity contribution >= 4 is 11.6 Å². The minimum absolute atomic E-state index is 0.384. The maximum absolute atomic E-state index is 6.23. The monoisotopic (exact) mass is 255 g/mol. The minimum atomic E-state index is 0.384. The fourth-order valence-electron chi connectivity index (χ4n) is 2.99. The number of hydrogen-bond acceptors (Lipinski definition) is 2. The number of rotatable bonds is 3.